The van der Waals surface area contributed by atoms with Gasteiger partial charge in [-0.2, -0.15) is 5.26 Å². The molecule has 1 aromatic rings. The largest absolute Gasteiger partial charge is 0.459 e. The molecule has 19 heavy (non-hydrogen) atoms. The first kappa shape index (κ1) is 15.4. The van der Waals surface area contributed by atoms with E-state index in [0.29, 0.717) is 5.56 Å². The Balaban J connectivity index is 2.92. The van der Waals surface area contributed by atoms with E-state index in [0.717, 1.165) is 4.47 Å². The maximum absolute atomic E-state index is 12.1. The molecular weight excluding hydrogens is 310 g/mol. The number of rotatable bonds is 3. The number of carbonyl (C=O) groups excluding carboxylic acids is 2. The van der Waals surface area contributed by atoms with E-state index in [1.165, 1.54) is 0 Å². The van der Waals surface area contributed by atoms with Crippen LogP contribution in [0.3, 0.4) is 0 Å². The molecule has 0 spiro atoms. The summed E-state index contributed by atoms with van der Waals surface area (Å²) in [6.07, 6.45) is 0. The van der Waals surface area contributed by atoms with E-state index in [1.807, 2.05) is 0 Å². The molecule has 0 radical (unpaired) electrons. The summed E-state index contributed by atoms with van der Waals surface area (Å²) < 4.78 is 5.88. The van der Waals surface area contributed by atoms with Crippen LogP contribution in [-0.2, 0) is 9.53 Å². The average Bonchev–Trinajstić information content (AvgIpc) is 2.28. The molecule has 0 saturated carbocycles. The Hall–Kier alpha value is -1.67. The van der Waals surface area contributed by atoms with Gasteiger partial charge in [-0.1, -0.05) is 28.1 Å². The molecule has 5 heteroatoms. The highest BCUT2D eigenvalue weighted by molar-refractivity contribution is 9.10. The van der Waals surface area contributed by atoms with Crippen LogP contribution in [0, 0.1) is 17.2 Å². The Morgan fingerprint density at radius 3 is 2.21 bits per heavy atom. The van der Waals surface area contributed by atoms with Gasteiger partial charge in [-0.25, -0.2) is 0 Å². The third kappa shape index (κ3) is 4.49. The summed E-state index contributed by atoms with van der Waals surface area (Å²) in [6.45, 7) is 5.05. The molecule has 0 unspecified atom stereocenters. The highest BCUT2D eigenvalue weighted by atomic mass is 79.9. The van der Waals surface area contributed by atoms with Crippen LogP contribution in [0.4, 0.5) is 0 Å². The molecule has 0 aliphatic heterocycles. The number of nitrogens with zero attached hydrogens (tertiary/aromatic N) is 1. The van der Waals surface area contributed by atoms with E-state index in [2.05, 4.69) is 15.9 Å². The van der Waals surface area contributed by atoms with Gasteiger partial charge in [0.15, 0.2) is 5.78 Å². The molecule has 0 heterocycles. The minimum atomic E-state index is -1.43. The molecule has 1 atom stereocenters. The second kappa shape index (κ2) is 5.98. The van der Waals surface area contributed by atoms with Crippen LogP contribution in [0.15, 0.2) is 28.7 Å². The summed E-state index contributed by atoms with van der Waals surface area (Å²) >= 11 is 3.25. The van der Waals surface area contributed by atoms with E-state index >= 15 is 0 Å². The maximum Gasteiger partial charge on any atom is 0.331 e. The van der Waals surface area contributed by atoms with E-state index < -0.39 is 23.3 Å². The summed E-state index contributed by atoms with van der Waals surface area (Å²) in [4.78, 5) is 23.9. The Kier molecular flexibility index (Phi) is 4.84. The van der Waals surface area contributed by atoms with Gasteiger partial charge in [-0.15, -0.1) is 0 Å². The first-order chi connectivity index (χ1) is 8.74. The lowest BCUT2D eigenvalue weighted by atomic mass is 9.99. The standard InChI is InChI=1S/C14H14BrNO3/c1-14(2,3)19-13(18)11(8-16)12(17)9-4-6-10(15)7-5-9/h4-7,11H,1-3H3/t11-/m1/s1. The number of halogens is 1. The van der Waals surface area contributed by atoms with E-state index in [9.17, 15) is 9.59 Å². The van der Waals surface area contributed by atoms with Gasteiger partial charge in [0.1, 0.15) is 5.60 Å². The molecule has 0 N–H and O–H groups in total. The van der Waals surface area contributed by atoms with Crippen LogP contribution in [0.25, 0.3) is 0 Å². The zero-order valence-corrected chi connectivity index (χ0v) is 12.5. The SMILES string of the molecule is CC(C)(C)OC(=O)[C@H](C#N)C(=O)c1ccc(Br)cc1. The first-order valence-electron chi connectivity index (χ1n) is 5.67. The predicted molar refractivity (Wildman–Crippen MR) is 73.4 cm³/mol. The molecule has 0 aliphatic rings. The second-order valence-electron chi connectivity index (χ2n) is 4.97. The summed E-state index contributed by atoms with van der Waals surface area (Å²) in [5.41, 5.74) is -0.424. The van der Waals surface area contributed by atoms with Crippen LogP contribution in [0.2, 0.25) is 0 Å². The molecule has 1 rings (SSSR count). The minimum absolute atomic E-state index is 0.306. The molecule has 0 saturated heterocycles. The van der Waals surface area contributed by atoms with E-state index in [1.54, 1.807) is 51.1 Å². The normalized spacial score (nSPS) is 12.4. The fraction of sp³-hybridized carbons (Fsp3) is 0.357. The number of Topliss-reactive ketones (excluding diaryl/α,β-unsaturated/α-hetero) is 1. The van der Waals surface area contributed by atoms with Crippen molar-refractivity contribution in [3.63, 3.8) is 0 Å². The van der Waals surface area contributed by atoms with Crippen LogP contribution in [0.1, 0.15) is 31.1 Å². The Morgan fingerprint density at radius 1 is 1.26 bits per heavy atom. The van der Waals surface area contributed by atoms with Crippen molar-refractivity contribution in [2.45, 2.75) is 26.4 Å². The third-order valence-corrected chi connectivity index (χ3v) is 2.69. The fourth-order valence-electron chi connectivity index (χ4n) is 1.36. The van der Waals surface area contributed by atoms with Gasteiger partial charge in [-0.05, 0) is 32.9 Å². The van der Waals surface area contributed by atoms with Gasteiger partial charge >= 0.3 is 5.97 Å². The van der Waals surface area contributed by atoms with Gasteiger partial charge in [-0.3, -0.25) is 9.59 Å². The maximum atomic E-state index is 12.1. The predicted octanol–water partition coefficient (Wildman–Crippen LogP) is 3.11. The molecular formula is C14H14BrNO3. The van der Waals surface area contributed by atoms with Gasteiger partial charge in [0.2, 0.25) is 5.92 Å². The second-order valence-corrected chi connectivity index (χ2v) is 5.88. The smallest absolute Gasteiger partial charge is 0.331 e. The molecule has 0 aromatic heterocycles. The lowest BCUT2D eigenvalue weighted by molar-refractivity contribution is -0.156. The highest BCUT2D eigenvalue weighted by Crippen LogP contribution is 2.17. The van der Waals surface area contributed by atoms with Crippen molar-refractivity contribution in [2.75, 3.05) is 0 Å². The topological polar surface area (TPSA) is 67.2 Å². The molecule has 0 bridgehead atoms. The number of ether oxygens (including phenoxy) is 1. The van der Waals surface area contributed by atoms with Crippen molar-refractivity contribution in [1.29, 1.82) is 5.26 Å². The van der Waals surface area contributed by atoms with Gasteiger partial charge in [0.25, 0.3) is 0 Å². The molecule has 0 fully saturated rings. The summed E-state index contributed by atoms with van der Waals surface area (Å²) in [5, 5.41) is 9.00. The number of carbonyl (C=O) groups is 2. The Bertz CT molecular complexity index is 523. The quantitative estimate of drug-likeness (QED) is 0.487. The first-order valence-corrected chi connectivity index (χ1v) is 6.46. The molecule has 0 aliphatic carbocycles. The monoisotopic (exact) mass is 323 g/mol. The zero-order valence-electron chi connectivity index (χ0n) is 10.9. The van der Waals surface area contributed by atoms with E-state index in [4.69, 9.17) is 10.00 Å². The number of hydrogen-bond donors (Lipinski definition) is 0. The van der Waals surface area contributed by atoms with E-state index in [-0.39, 0.29) is 0 Å². The third-order valence-electron chi connectivity index (χ3n) is 2.16. The molecule has 1 aromatic carbocycles. The minimum Gasteiger partial charge on any atom is -0.459 e. The van der Waals surface area contributed by atoms with Gasteiger partial charge < -0.3 is 4.74 Å². The van der Waals surface area contributed by atoms with Crippen LogP contribution in [0.5, 0.6) is 0 Å². The fourth-order valence-corrected chi connectivity index (χ4v) is 1.62. The highest BCUT2D eigenvalue weighted by Gasteiger charge is 2.31. The van der Waals surface area contributed by atoms with Crippen LogP contribution >= 0.6 is 15.9 Å². The number of benzene rings is 1. The lowest BCUT2D eigenvalue weighted by Gasteiger charge is -2.20. The molecule has 0 amide bonds. The van der Waals surface area contributed by atoms with Crippen LogP contribution < -0.4 is 0 Å². The number of hydrogen-bond acceptors (Lipinski definition) is 4. The number of esters is 1. The van der Waals surface area contributed by atoms with Crippen molar-refractivity contribution >= 4 is 27.7 Å². The number of ketones is 1. The van der Waals surface area contributed by atoms with Crippen molar-refractivity contribution in [2.24, 2.45) is 5.92 Å². The van der Waals surface area contributed by atoms with Crippen molar-refractivity contribution < 1.29 is 14.3 Å². The van der Waals surface area contributed by atoms with Gasteiger partial charge in [0.05, 0.1) is 6.07 Å². The van der Waals surface area contributed by atoms with Crippen molar-refractivity contribution in [3.8, 4) is 6.07 Å². The molecule has 4 nitrogen and oxygen atoms in total. The summed E-state index contributed by atoms with van der Waals surface area (Å²) in [6, 6.07) is 8.17. The van der Waals surface area contributed by atoms with Crippen molar-refractivity contribution in [1.82, 2.24) is 0 Å². The van der Waals surface area contributed by atoms with Crippen molar-refractivity contribution in [3.05, 3.63) is 34.3 Å². The zero-order chi connectivity index (χ0) is 14.6. The Labute approximate surface area is 120 Å². The lowest BCUT2D eigenvalue weighted by Crippen LogP contribution is -2.32. The number of nitriles is 1. The average molecular weight is 324 g/mol. The summed E-state index contributed by atoms with van der Waals surface area (Å²) in [5.74, 6) is -2.80. The van der Waals surface area contributed by atoms with Gasteiger partial charge in [0, 0.05) is 10.0 Å². The van der Waals surface area contributed by atoms with Crippen LogP contribution in [-0.4, -0.2) is 17.4 Å². The Morgan fingerprint density at radius 2 is 1.79 bits per heavy atom. The molecule has 100 valence electrons. The summed E-state index contributed by atoms with van der Waals surface area (Å²) in [7, 11) is 0.